The van der Waals surface area contributed by atoms with Crippen LogP contribution >= 0.6 is 11.6 Å². The normalized spacial score (nSPS) is 15.7. The molecule has 5 rings (SSSR count). The molecule has 29 heavy (non-hydrogen) atoms. The minimum absolute atomic E-state index is 0.0497. The number of rotatable bonds is 4. The van der Waals surface area contributed by atoms with E-state index in [0.717, 1.165) is 33.3 Å². The van der Waals surface area contributed by atoms with Crippen molar-refractivity contribution in [3.8, 4) is 0 Å². The molecule has 1 unspecified atom stereocenters. The van der Waals surface area contributed by atoms with Crippen molar-refractivity contribution in [1.29, 1.82) is 0 Å². The van der Waals surface area contributed by atoms with Gasteiger partial charge in [-0.2, -0.15) is 0 Å². The van der Waals surface area contributed by atoms with Gasteiger partial charge in [0.05, 0.1) is 16.6 Å². The molecule has 1 aliphatic heterocycles. The van der Waals surface area contributed by atoms with Gasteiger partial charge in [-0.15, -0.1) is 0 Å². The summed E-state index contributed by atoms with van der Waals surface area (Å²) < 4.78 is 0. The van der Waals surface area contributed by atoms with Gasteiger partial charge in [0.25, 0.3) is 5.91 Å². The van der Waals surface area contributed by atoms with Crippen molar-refractivity contribution in [1.82, 2.24) is 9.88 Å². The summed E-state index contributed by atoms with van der Waals surface area (Å²) in [5, 5.41) is 1.67. The number of pyridine rings is 1. The van der Waals surface area contributed by atoms with Gasteiger partial charge in [-0.05, 0) is 29.3 Å². The zero-order valence-corrected chi connectivity index (χ0v) is 16.5. The van der Waals surface area contributed by atoms with Crippen molar-refractivity contribution in [2.45, 2.75) is 19.0 Å². The van der Waals surface area contributed by atoms with Crippen LogP contribution in [0.5, 0.6) is 0 Å². The third-order valence-electron chi connectivity index (χ3n) is 5.51. The predicted octanol–water partition coefficient (Wildman–Crippen LogP) is 5.83. The lowest BCUT2D eigenvalue weighted by Crippen LogP contribution is -2.29. The van der Waals surface area contributed by atoms with Crippen LogP contribution in [0.4, 0.5) is 0 Å². The first-order valence-electron chi connectivity index (χ1n) is 9.69. The first-order valence-corrected chi connectivity index (χ1v) is 10.1. The van der Waals surface area contributed by atoms with Crippen molar-refractivity contribution >= 4 is 28.4 Å². The summed E-state index contributed by atoms with van der Waals surface area (Å²) in [4.78, 5) is 19.9. The maximum Gasteiger partial charge on any atom is 0.255 e. The molecule has 1 atom stereocenters. The van der Waals surface area contributed by atoms with Gasteiger partial charge in [-0.25, -0.2) is 0 Å². The largest absolute Gasteiger partial charge is 0.327 e. The Balaban J connectivity index is 1.53. The molecule has 0 spiro atoms. The Bertz CT molecular complexity index is 1210. The SMILES string of the molecule is O=C1c2ccccc2C(Cc2ccc3cccc(Cl)c3n2)N1Cc1ccccc1. The van der Waals surface area contributed by atoms with E-state index in [-0.39, 0.29) is 11.9 Å². The molecule has 0 saturated heterocycles. The van der Waals surface area contributed by atoms with E-state index in [1.807, 2.05) is 71.6 Å². The summed E-state index contributed by atoms with van der Waals surface area (Å²) in [5.41, 5.74) is 4.70. The van der Waals surface area contributed by atoms with Crippen molar-refractivity contribution in [3.63, 3.8) is 0 Å². The highest BCUT2D eigenvalue weighted by Gasteiger charge is 2.36. The van der Waals surface area contributed by atoms with Gasteiger partial charge in [-0.1, -0.05) is 78.3 Å². The van der Waals surface area contributed by atoms with Crippen LogP contribution in [-0.4, -0.2) is 15.8 Å². The Hall–Kier alpha value is -3.17. The number of nitrogens with zero attached hydrogens (tertiary/aromatic N) is 2. The Kier molecular flexibility index (Phi) is 4.53. The van der Waals surface area contributed by atoms with Gasteiger partial charge in [0.2, 0.25) is 0 Å². The van der Waals surface area contributed by atoms with Crippen LogP contribution in [0, 0.1) is 0 Å². The fourth-order valence-electron chi connectivity index (χ4n) is 4.09. The van der Waals surface area contributed by atoms with E-state index >= 15 is 0 Å². The molecule has 1 aromatic heterocycles. The zero-order chi connectivity index (χ0) is 19.8. The number of carbonyl (C=O) groups is 1. The molecule has 4 aromatic rings. The number of aromatic nitrogens is 1. The van der Waals surface area contributed by atoms with Gasteiger partial charge in [-0.3, -0.25) is 9.78 Å². The second-order valence-corrected chi connectivity index (χ2v) is 7.75. The van der Waals surface area contributed by atoms with Gasteiger partial charge >= 0.3 is 0 Å². The van der Waals surface area contributed by atoms with E-state index in [1.165, 1.54) is 0 Å². The lowest BCUT2D eigenvalue weighted by Gasteiger charge is -2.25. The number of carbonyl (C=O) groups excluding carboxylic acids is 1. The van der Waals surface area contributed by atoms with Gasteiger partial charge < -0.3 is 4.90 Å². The summed E-state index contributed by atoms with van der Waals surface area (Å²) in [5.74, 6) is 0.0771. The average molecular weight is 399 g/mol. The number of fused-ring (bicyclic) bond motifs is 2. The highest BCUT2D eigenvalue weighted by molar-refractivity contribution is 6.35. The standard InChI is InChI=1S/C25H19ClN2O/c26-22-12-6-9-18-13-14-19(27-24(18)22)15-23-20-10-4-5-11-21(20)25(29)28(23)16-17-7-2-1-3-8-17/h1-14,23H,15-16H2. The molecule has 0 saturated carbocycles. The van der Waals surface area contributed by atoms with Crippen molar-refractivity contribution in [2.75, 3.05) is 0 Å². The minimum atomic E-state index is -0.0497. The molecule has 0 aliphatic carbocycles. The molecular formula is C25H19ClN2O. The number of hydrogen-bond donors (Lipinski definition) is 0. The van der Waals surface area contributed by atoms with E-state index in [4.69, 9.17) is 16.6 Å². The predicted molar refractivity (Wildman–Crippen MR) is 116 cm³/mol. The number of halogens is 1. The van der Waals surface area contributed by atoms with Crippen molar-refractivity contribution in [2.24, 2.45) is 0 Å². The summed E-state index contributed by atoms with van der Waals surface area (Å²) in [6.07, 6.45) is 0.650. The van der Waals surface area contributed by atoms with E-state index < -0.39 is 0 Å². The van der Waals surface area contributed by atoms with E-state index in [9.17, 15) is 4.79 Å². The maximum atomic E-state index is 13.2. The summed E-state index contributed by atoms with van der Waals surface area (Å²) in [6.45, 7) is 0.577. The first-order chi connectivity index (χ1) is 14.2. The Morgan fingerprint density at radius 2 is 1.66 bits per heavy atom. The minimum Gasteiger partial charge on any atom is -0.327 e. The van der Waals surface area contributed by atoms with Crippen LogP contribution in [0.1, 0.15) is 33.2 Å². The second-order valence-electron chi connectivity index (χ2n) is 7.34. The third-order valence-corrected chi connectivity index (χ3v) is 5.82. The summed E-state index contributed by atoms with van der Waals surface area (Å²) >= 11 is 6.36. The number of hydrogen-bond acceptors (Lipinski definition) is 2. The van der Waals surface area contributed by atoms with Crippen LogP contribution in [0.2, 0.25) is 5.02 Å². The number of amides is 1. The number of para-hydroxylation sites is 1. The molecule has 3 aromatic carbocycles. The average Bonchev–Trinajstić information content (AvgIpc) is 3.01. The molecule has 0 N–H and O–H groups in total. The zero-order valence-electron chi connectivity index (χ0n) is 15.8. The number of benzene rings is 3. The highest BCUT2D eigenvalue weighted by atomic mass is 35.5. The summed E-state index contributed by atoms with van der Waals surface area (Å²) in [7, 11) is 0. The fraction of sp³-hybridized carbons (Fsp3) is 0.120. The maximum absolute atomic E-state index is 13.2. The fourth-order valence-corrected chi connectivity index (χ4v) is 4.32. The Morgan fingerprint density at radius 1 is 0.862 bits per heavy atom. The highest BCUT2D eigenvalue weighted by Crippen LogP contribution is 2.37. The van der Waals surface area contributed by atoms with Crippen LogP contribution in [0.15, 0.2) is 84.9 Å². The smallest absolute Gasteiger partial charge is 0.255 e. The third kappa shape index (κ3) is 3.28. The van der Waals surface area contributed by atoms with E-state index in [2.05, 4.69) is 18.2 Å². The molecule has 1 amide bonds. The first kappa shape index (κ1) is 17.9. The van der Waals surface area contributed by atoms with E-state index in [0.29, 0.717) is 18.0 Å². The molecule has 1 aliphatic rings. The molecule has 0 fully saturated rings. The quantitative estimate of drug-likeness (QED) is 0.433. The second kappa shape index (κ2) is 7.34. The topological polar surface area (TPSA) is 33.2 Å². The van der Waals surface area contributed by atoms with E-state index in [1.54, 1.807) is 0 Å². The van der Waals surface area contributed by atoms with Gasteiger partial charge in [0.15, 0.2) is 0 Å². The molecule has 2 heterocycles. The van der Waals surface area contributed by atoms with Crippen molar-refractivity contribution in [3.05, 3.63) is 112 Å². The molecule has 0 radical (unpaired) electrons. The van der Waals surface area contributed by atoms with Gasteiger partial charge in [0.1, 0.15) is 0 Å². The Morgan fingerprint density at radius 3 is 2.52 bits per heavy atom. The summed E-state index contributed by atoms with van der Waals surface area (Å²) in [6, 6.07) is 27.8. The van der Waals surface area contributed by atoms with Crippen LogP contribution in [-0.2, 0) is 13.0 Å². The molecule has 4 heteroatoms. The van der Waals surface area contributed by atoms with Gasteiger partial charge in [0, 0.05) is 29.6 Å². The molecule has 0 bridgehead atoms. The molecule has 3 nitrogen and oxygen atoms in total. The lowest BCUT2D eigenvalue weighted by molar-refractivity contribution is 0.0708. The van der Waals surface area contributed by atoms with Crippen LogP contribution < -0.4 is 0 Å². The van der Waals surface area contributed by atoms with Crippen molar-refractivity contribution < 1.29 is 4.79 Å². The molecule has 142 valence electrons. The molecular weight excluding hydrogens is 380 g/mol. The monoisotopic (exact) mass is 398 g/mol. The van der Waals surface area contributed by atoms with Crippen LogP contribution in [0.25, 0.3) is 10.9 Å². The lowest BCUT2D eigenvalue weighted by atomic mass is 10.00. The van der Waals surface area contributed by atoms with Crippen LogP contribution in [0.3, 0.4) is 0 Å². The Labute approximate surface area is 174 Å².